The molecule has 52 valence electrons. The summed E-state index contributed by atoms with van der Waals surface area (Å²) in [6.07, 6.45) is 1.52. The highest BCUT2D eigenvalue weighted by Gasteiger charge is 2.42. The van der Waals surface area contributed by atoms with Crippen molar-refractivity contribution in [2.45, 2.75) is 13.3 Å². The van der Waals surface area contributed by atoms with Crippen molar-refractivity contribution >= 4 is 0 Å². The van der Waals surface area contributed by atoms with Crippen LogP contribution in [-0.2, 0) is 0 Å². The second-order valence-corrected chi connectivity index (χ2v) is 3.84. The maximum Gasteiger partial charge on any atom is 0.000949 e. The van der Waals surface area contributed by atoms with Crippen LogP contribution in [0.25, 0.3) is 0 Å². The molecule has 2 saturated heterocycles. The average Bonchev–Trinajstić information content (AvgIpc) is 1.87. The van der Waals surface area contributed by atoms with Gasteiger partial charge in [0.1, 0.15) is 0 Å². The van der Waals surface area contributed by atoms with Crippen molar-refractivity contribution < 1.29 is 0 Å². The van der Waals surface area contributed by atoms with E-state index < -0.39 is 0 Å². The minimum Gasteiger partial charge on any atom is -0.306 e. The second-order valence-electron chi connectivity index (χ2n) is 3.84. The number of rotatable bonds is 0. The lowest BCUT2D eigenvalue weighted by Crippen LogP contribution is -2.52. The minimum absolute atomic E-state index is 1.04. The van der Waals surface area contributed by atoms with Gasteiger partial charge in [-0.15, -0.1) is 0 Å². The largest absolute Gasteiger partial charge is 0.306 e. The third kappa shape index (κ3) is 0.710. The van der Waals surface area contributed by atoms with Crippen molar-refractivity contribution in [2.24, 2.45) is 17.8 Å². The molecule has 0 aromatic rings. The van der Waals surface area contributed by atoms with Crippen molar-refractivity contribution in [1.29, 1.82) is 0 Å². The second kappa shape index (κ2) is 1.72. The quantitative estimate of drug-likeness (QED) is 0.470. The molecule has 9 heavy (non-hydrogen) atoms. The first kappa shape index (κ1) is 5.72. The van der Waals surface area contributed by atoms with Gasteiger partial charge in [0.05, 0.1) is 0 Å². The third-order valence-electron chi connectivity index (χ3n) is 3.19. The monoisotopic (exact) mass is 125 g/mol. The van der Waals surface area contributed by atoms with E-state index in [1.807, 2.05) is 0 Å². The maximum atomic E-state index is 2.47. The lowest BCUT2D eigenvalue weighted by atomic mass is 9.63. The van der Waals surface area contributed by atoms with Gasteiger partial charge < -0.3 is 4.90 Å². The normalized spacial score (nSPS) is 50.7. The third-order valence-corrected chi connectivity index (χ3v) is 3.19. The van der Waals surface area contributed by atoms with Gasteiger partial charge in [0.25, 0.3) is 0 Å². The van der Waals surface area contributed by atoms with Crippen LogP contribution in [0, 0.1) is 17.8 Å². The van der Waals surface area contributed by atoms with E-state index in [0.717, 1.165) is 17.8 Å². The Balaban J connectivity index is 2.01. The number of hydrogen-bond donors (Lipinski definition) is 0. The first-order valence-electron chi connectivity index (χ1n) is 3.96. The fourth-order valence-corrected chi connectivity index (χ4v) is 2.36. The fraction of sp³-hybridized carbons (Fsp3) is 1.00. The summed E-state index contributed by atoms with van der Waals surface area (Å²) in [6, 6.07) is 0. The Bertz CT molecular complexity index is 110. The summed E-state index contributed by atoms with van der Waals surface area (Å²) in [4.78, 5) is 2.47. The lowest BCUT2D eigenvalue weighted by Gasteiger charge is -2.51. The van der Waals surface area contributed by atoms with Crippen LogP contribution in [-0.4, -0.2) is 25.0 Å². The van der Waals surface area contributed by atoms with E-state index in [-0.39, 0.29) is 0 Å². The highest BCUT2D eigenvalue weighted by atomic mass is 15.1. The van der Waals surface area contributed by atoms with Crippen LogP contribution in [0.3, 0.4) is 0 Å². The predicted molar refractivity (Wildman–Crippen MR) is 38.3 cm³/mol. The van der Waals surface area contributed by atoms with E-state index in [2.05, 4.69) is 18.9 Å². The SMILES string of the molecule is C[C@H]1[C@@H]2C[C@H]1CN(C)C2. The van der Waals surface area contributed by atoms with Gasteiger partial charge in [0.2, 0.25) is 0 Å². The summed E-state index contributed by atoms with van der Waals surface area (Å²) in [5.41, 5.74) is 0. The van der Waals surface area contributed by atoms with E-state index in [1.165, 1.54) is 19.5 Å². The number of hydrogen-bond acceptors (Lipinski definition) is 1. The predicted octanol–water partition coefficient (Wildman–Crippen LogP) is 1.20. The molecule has 2 heterocycles. The molecule has 0 radical (unpaired) electrons. The molecule has 1 aliphatic carbocycles. The first-order chi connectivity index (χ1) is 4.27. The molecule has 0 aromatic heterocycles. The van der Waals surface area contributed by atoms with Crippen LogP contribution >= 0.6 is 0 Å². The van der Waals surface area contributed by atoms with Crippen molar-refractivity contribution in [3.05, 3.63) is 0 Å². The number of piperidine rings is 2. The van der Waals surface area contributed by atoms with Crippen molar-refractivity contribution in [3.8, 4) is 0 Å². The zero-order valence-corrected chi connectivity index (χ0v) is 6.30. The highest BCUT2D eigenvalue weighted by Crippen LogP contribution is 2.44. The van der Waals surface area contributed by atoms with Crippen LogP contribution in [0.15, 0.2) is 0 Å². The number of fused-ring (bicyclic) bond motifs is 2. The lowest BCUT2D eigenvalue weighted by molar-refractivity contribution is -0.0212. The zero-order chi connectivity index (χ0) is 6.43. The van der Waals surface area contributed by atoms with Gasteiger partial charge >= 0.3 is 0 Å². The standard InChI is InChI=1S/C8H15N/c1-6-7-3-8(6)5-9(2)4-7/h6-8H,3-5H2,1-2H3/t6-,7+,8-. The molecular weight excluding hydrogens is 110 g/mol. The van der Waals surface area contributed by atoms with Gasteiger partial charge in [-0.3, -0.25) is 0 Å². The summed E-state index contributed by atoms with van der Waals surface area (Å²) < 4.78 is 0. The van der Waals surface area contributed by atoms with Gasteiger partial charge in [0, 0.05) is 13.1 Å². The Kier molecular flexibility index (Phi) is 1.10. The molecule has 3 fully saturated rings. The molecule has 1 saturated carbocycles. The Morgan fingerprint density at radius 3 is 2.11 bits per heavy atom. The Morgan fingerprint density at radius 1 is 1.22 bits per heavy atom. The van der Waals surface area contributed by atoms with E-state index in [4.69, 9.17) is 0 Å². The highest BCUT2D eigenvalue weighted by molar-refractivity contribution is 4.93. The molecule has 0 unspecified atom stereocenters. The first-order valence-corrected chi connectivity index (χ1v) is 3.96. The van der Waals surface area contributed by atoms with Gasteiger partial charge in [-0.05, 0) is 31.2 Å². The van der Waals surface area contributed by atoms with E-state index >= 15 is 0 Å². The molecule has 1 nitrogen and oxygen atoms in total. The van der Waals surface area contributed by atoms with Crippen molar-refractivity contribution in [3.63, 3.8) is 0 Å². The topological polar surface area (TPSA) is 3.24 Å². The molecule has 0 aromatic carbocycles. The summed E-state index contributed by atoms with van der Waals surface area (Å²) >= 11 is 0. The van der Waals surface area contributed by atoms with E-state index in [9.17, 15) is 0 Å². The Hall–Kier alpha value is -0.0400. The van der Waals surface area contributed by atoms with Gasteiger partial charge in [-0.25, -0.2) is 0 Å². The summed E-state index contributed by atoms with van der Waals surface area (Å²) in [7, 11) is 2.24. The molecule has 2 aliphatic heterocycles. The molecule has 0 N–H and O–H groups in total. The van der Waals surface area contributed by atoms with Crippen molar-refractivity contribution in [2.75, 3.05) is 20.1 Å². The van der Waals surface area contributed by atoms with Gasteiger partial charge in [-0.1, -0.05) is 6.92 Å². The van der Waals surface area contributed by atoms with E-state index in [1.54, 1.807) is 0 Å². The van der Waals surface area contributed by atoms with Gasteiger partial charge in [-0.2, -0.15) is 0 Å². The summed E-state index contributed by atoms with van der Waals surface area (Å²) in [6.45, 7) is 5.13. The van der Waals surface area contributed by atoms with Crippen LogP contribution in [0.5, 0.6) is 0 Å². The van der Waals surface area contributed by atoms with Crippen molar-refractivity contribution in [1.82, 2.24) is 4.90 Å². The van der Waals surface area contributed by atoms with Crippen LogP contribution in [0.1, 0.15) is 13.3 Å². The molecule has 2 bridgehead atoms. The van der Waals surface area contributed by atoms with Crippen LogP contribution in [0.2, 0.25) is 0 Å². The summed E-state index contributed by atoms with van der Waals surface area (Å²) in [5.74, 6) is 3.14. The smallest absolute Gasteiger partial charge is 0.000949 e. The minimum atomic E-state index is 1.04. The molecular formula is C8H15N. The summed E-state index contributed by atoms with van der Waals surface area (Å²) in [5, 5.41) is 0. The Labute approximate surface area is 57.0 Å². The van der Waals surface area contributed by atoms with E-state index in [0.29, 0.717) is 0 Å². The number of nitrogens with zero attached hydrogens (tertiary/aromatic N) is 1. The van der Waals surface area contributed by atoms with Crippen LogP contribution < -0.4 is 0 Å². The van der Waals surface area contributed by atoms with Crippen LogP contribution in [0.4, 0.5) is 0 Å². The van der Waals surface area contributed by atoms with Gasteiger partial charge in [0.15, 0.2) is 0 Å². The zero-order valence-electron chi connectivity index (χ0n) is 6.30. The molecule has 3 rings (SSSR count). The molecule has 3 aliphatic rings. The molecule has 3 atom stereocenters. The fourth-order valence-electron chi connectivity index (χ4n) is 2.36. The average molecular weight is 125 g/mol. The maximum absolute atomic E-state index is 2.47. The Morgan fingerprint density at radius 2 is 1.78 bits per heavy atom. The molecule has 1 heteroatoms. The molecule has 0 amide bonds. The molecule has 0 spiro atoms.